The molecule has 0 saturated heterocycles. The minimum Gasteiger partial charge on any atom is -0.469 e. The fraction of sp³-hybridized carbons (Fsp3) is 0.500. The maximum absolute atomic E-state index is 8.77. The van der Waals surface area contributed by atoms with E-state index in [1.807, 2.05) is 0 Å². The zero-order valence-corrected chi connectivity index (χ0v) is 4.83. The predicted molar refractivity (Wildman–Crippen MR) is 28.8 cm³/mol. The molecular weight excluding hydrogens is 124 g/mol. The Bertz CT molecular complexity index is 34.5. The quantitative estimate of drug-likeness (QED) is 0.383. The molecule has 0 unspecified atom stereocenters. The van der Waals surface area contributed by atoms with E-state index in [4.69, 9.17) is 9.90 Å². The van der Waals surface area contributed by atoms with E-state index in [2.05, 4.69) is 24.2 Å². The first kappa shape index (κ1) is 9.44. The molecule has 0 aromatic rings. The van der Waals surface area contributed by atoms with Gasteiger partial charge in [-0.1, -0.05) is 0 Å². The topological polar surface area (TPSA) is 37.3 Å². The Morgan fingerprint density at radius 1 is 1.83 bits per heavy atom. The highest BCUT2D eigenvalue weighted by atomic mass is 35.5. The van der Waals surface area contributed by atoms with E-state index in [-0.39, 0.29) is 0 Å². The van der Waals surface area contributed by atoms with E-state index >= 15 is 0 Å². The van der Waals surface area contributed by atoms with Crippen molar-refractivity contribution < 1.29 is 9.90 Å². The number of carboxylic acid groups (broad SMARTS) is 1. The summed E-state index contributed by atoms with van der Waals surface area (Å²) in [5.41, 5.74) is -1.36. The normalized spacial score (nSPS) is 5.17. The van der Waals surface area contributed by atoms with Gasteiger partial charge in [-0.3, -0.25) is 0 Å². The van der Waals surface area contributed by atoms with E-state index in [1.165, 1.54) is 0 Å². The van der Waals surface area contributed by atoms with Crippen molar-refractivity contribution in [2.24, 2.45) is 0 Å². The summed E-state index contributed by atoms with van der Waals surface area (Å²) in [6.07, 6.45) is 1.69. The van der Waals surface area contributed by atoms with Crippen molar-refractivity contribution in [3.63, 3.8) is 0 Å². The van der Waals surface area contributed by atoms with Crippen LogP contribution in [0.3, 0.4) is 0 Å². The molecular formula is C2H5ClO2S. The number of hydrogen-bond donors (Lipinski definition) is 2. The maximum atomic E-state index is 8.77. The van der Waals surface area contributed by atoms with Crippen LogP contribution in [0.4, 0.5) is 4.79 Å². The first-order valence-corrected chi connectivity index (χ1v) is 2.34. The number of halogens is 1. The lowest BCUT2D eigenvalue weighted by Crippen LogP contribution is -1.66. The molecule has 0 rings (SSSR count). The van der Waals surface area contributed by atoms with Gasteiger partial charge in [-0.15, -0.1) is 0 Å². The van der Waals surface area contributed by atoms with Crippen molar-refractivity contribution in [3.8, 4) is 0 Å². The molecule has 0 radical (unpaired) electrons. The minimum atomic E-state index is -1.36. The Labute approximate surface area is 46.5 Å². The molecule has 4 heteroatoms. The Morgan fingerprint density at radius 3 is 1.83 bits per heavy atom. The monoisotopic (exact) mass is 128 g/mol. The molecule has 0 aliphatic carbocycles. The van der Waals surface area contributed by atoms with Gasteiger partial charge in [0.05, 0.1) is 0 Å². The highest BCUT2D eigenvalue weighted by Crippen LogP contribution is 1.67. The molecule has 0 aliphatic heterocycles. The minimum absolute atomic E-state index is 1.36. The molecule has 0 fully saturated rings. The molecule has 1 N–H and O–H groups in total. The van der Waals surface area contributed by atoms with Crippen LogP contribution in [0.2, 0.25) is 0 Å². The van der Waals surface area contributed by atoms with Crippen LogP contribution in [0, 0.1) is 0 Å². The smallest absolute Gasteiger partial charge is 0.401 e. The van der Waals surface area contributed by atoms with E-state index < -0.39 is 5.43 Å². The van der Waals surface area contributed by atoms with Crippen molar-refractivity contribution in [3.05, 3.63) is 0 Å². The Morgan fingerprint density at radius 2 is 1.83 bits per heavy atom. The summed E-state index contributed by atoms with van der Waals surface area (Å²) in [5.74, 6) is 0. The van der Waals surface area contributed by atoms with Crippen molar-refractivity contribution >= 4 is 29.7 Å². The third-order valence-corrected chi connectivity index (χ3v) is 0. The van der Waals surface area contributed by atoms with Crippen LogP contribution in [-0.4, -0.2) is 16.8 Å². The average Bonchev–Trinajstić information content (AvgIpc) is 1.41. The summed E-state index contributed by atoms with van der Waals surface area (Å²) in [6.45, 7) is 0. The summed E-state index contributed by atoms with van der Waals surface area (Å²) >= 11 is 7.72. The highest BCUT2D eigenvalue weighted by molar-refractivity contribution is 7.79. The first-order valence-electron chi connectivity index (χ1n) is 1.06. The lowest BCUT2D eigenvalue weighted by molar-refractivity contribution is 0.220. The van der Waals surface area contributed by atoms with Gasteiger partial charge in [0.15, 0.2) is 0 Å². The largest absolute Gasteiger partial charge is 0.469 e. The van der Waals surface area contributed by atoms with Gasteiger partial charge in [0, 0.05) is 11.6 Å². The molecule has 0 saturated carbocycles. The van der Waals surface area contributed by atoms with E-state index in [0.29, 0.717) is 0 Å². The second-order valence-corrected chi connectivity index (χ2v) is 0.576. The number of carbonyl (C=O) groups is 1. The fourth-order valence-corrected chi connectivity index (χ4v) is 0. The van der Waals surface area contributed by atoms with Crippen LogP contribution in [0.15, 0.2) is 0 Å². The molecule has 0 bridgehead atoms. The fourth-order valence-electron chi connectivity index (χ4n) is 0. The van der Waals surface area contributed by atoms with Crippen LogP contribution in [0.25, 0.3) is 0 Å². The van der Waals surface area contributed by atoms with Gasteiger partial charge in [-0.2, -0.15) is 12.6 Å². The summed E-state index contributed by atoms with van der Waals surface area (Å²) in [4.78, 5) is 8.77. The van der Waals surface area contributed by atoms with E-state index in [9.17, 15) is 0 Å². The second-order valence-electron chi connectivity index (χ2n) is 0.253. The first-order chi connectivity index (χ1) is 2.73. The van der Waals surface area contributed by atoms with E-state index in [1.54, 1.807) is 6.26 Å². The molecule has 0 aromatic heterocycles. The number of thiol groups is 1. The van der Waals surface area contributed by atoms with Gasteiger partial charge < -0.3 is 5.11 Å². The molecule has 0 aliphatic rings. The van der Waals surface area contributed by atoms with Crippen LogP contribution in [-0.2, 0) is 0 Å². The van der Waals surface area contributed by atoms with Crippen LogP contribution in [0.1, 0.15) is 0 Å². The van der Waals surface area contributed by atoms with Crippen LogP contribution < -0.4 is 0 Å². The van der Waals surface area contributed by atoms with Crippen molar-refractivity contribution in [2.45, 2.75) is 0 Å². The second kappa shape index (κ2) is 8.92. The zero-order chi connectivity index (χ0) is 5.58. The molecule has 0 heterocycles. The van der Waals surface area contributed by atoms with Gasteiger partial charge in [0.1, 0.15) is 0 Å². The molecule has 38 valence electrons. The summed E-state index contributed by atoms with van der Waals surface area (Å²) < 4.78 is 0. The van der Waals surface area contributed by atoms with Crippen LogP contribution in [0.5, 0.6) is 0 Å². The third kappa shape index (κ3) is 3290. The standard InChI is InChI=1S/CHClO2.CH4S/c2-1(3)4;1-2/h(H,3,4);2H,1H3. The third-order valence-electron chi connectivity index (χ3n) is 0. The molecule has 0 amide bonds. The lowest BCUT2D eigenvalue weighted by atomic mass is 11.6. The highest BCUT2D eigenvalue weighted by Gasteiger charge is 1.71. The average molecular weight is 129 g/mol. The van der Waals surface area contributed by atoms with Gasteiger partial charge in [0.2, 0.25) is 0 Å². The van der Waals surface area contributed by atoms with Crippen molar-refractivity contribution in [1.29, 1.82) is 0 Å². The molecule has 0 atom stereocenters. The van der Waals surface area contributed by atoms with E-state index in [0.717, 1.165) is 0 Å². The Balaban J connectivity index is 0. The Hall–Kier alpha value is 0.110. The predicted octanol–water partition coefficient (Wildman–Crippen LogP) is 1.45. The van der Waals surface area contributed by atoms with Crippen molar-refractivity contribution in [2.75, 3.05) is 6.26 Å². The SMILES string of the molecule is CS.O=C(O)Cl. The van der Waals surface area contributed by atoms with Gasteiger partial charge in [-0.05, 0) is 6.26 Å². The lowest BCUT2D eigenvalue weighted by Gasteiger charge is -1.55. The summed E-state index contributed by atoms with van der Waals surface area (Å²) in [7, 11) is 0. The maximum Gasteiger partial charge on any atom is 0.401 e. The van der Waals surface area contributed by atoms with Gasteiger partial charge >= 0.3 is 5.43 Å². The number of hydrogen-bond acceptors (Lipinski definition) is 2. The molecule has 0 spiro atoms. The number of rotatable bonds is 0. The summed E-state index contributed by atoms with van der Waals surface area (Å²) in [5, 5.41) is 7.18. The molecule has 2 nitrogen and oxygen atoms in total. The van der Waals surface area contributed by atoms with Crippen molar-refractivity contribution in [1.82, 2.24) is 0 Å². The molecule has 6 heavy (non-hydrogen) atoms. The molecule has 0 aromatic carbocycles. The van der Waals surface area contributed by atoms with Gasteiger partial charge in [0.25, 0.3) is 0 Å². The zero-order valence-electron chi connectivity index (χ0n) is 3.18. The Kier molecular flexibility index (Phi) is 14.0. The summed E-state index contributed by atoms with van der Waals surface area (Å²) in [6, 6.07) is 0. The van der Waals surface area contributed by atoms with Gasteiger partial charge in [-0.25, -0.2) is 4.79 Å². The van der Waals surface area contributed by atoms with Crippen LogP contribution >= 0.6 is 24.2 Å².